The maximum absolute atomic E-state index is 13.3. The van der Waals surface area contributed by atoms with Crippen LogP contribution in [0.15, 0.2) is 48.7 Å². The van der Waals surface area contributed by atoms with Crippen LogP contribution in [0.1, 0.15) is 29.7 Å². The largest absolute Gasteiger partial charge is 0.416 e. The Hall–Kier alpha value is -2.38. The van der Waals surface area contributed by atoms with Gasteiger partial charge in [0.2, 0.25) is 0 Å². The molecule has 0 aliphatic carbocycles. The lowest BCUT2D eigenvalue weighted by Gasteiger charge is -2.18. The molecule has 27 heavy (non-hydrogen) atoms. The van der Waals surface area contributed by atoms with Gasteiger partial charge >= 0.3 is 6.18 Å². The molecule has 2 unspecified atom stereocenters. The minimum Gasteiger partial charge on any atom is -0.387 e. The van der Waals surface area contributed by atoms with Gasteiger partial charge in [0, 0.05) is 29.7 Å². The number of aromatic amines is 1. The summed E-state index contributed by atoms with van der Waals surface area (Å²) in [7, 11) is 0. The average molecular weight is 380 g/mol. The van der Waals surface area contributed by atoms with Crippen LogP contribution >= 0.6 is 0 Å². The fourth-order valence-electron chi connectivity index (χ4n) is 3.08. The summed E-state index contributed by atoms with van der Waals surface area (Å²) in [5, 5.41) is 14.3. The van der Waals surface area contributed by atoms with Crippen molar-refractivity contribution in [3.63, 3.8) is 0 Å². The third kappa shape index (κ3) is 4.67. The smallest absolute Gasteiger partial charge is 0.387 e. The Morgan fingerprint density at radius 1 is 1.15 bits per heavy atom. The van der Waals surface area contributed by atoms with Crippen LogP contribution in [-0.2, 0) is 12.6 Å². The molecule has 2 atom stereocenters. The fourth-order valence-corrected chi connectivity index (χ4v) is 3.08. The molecule has 2 aromatic carbocycles. The van der Waals surface area contributed by atoms with Gasteiger partial charge in [-0.3, -0.25) is 0 Å². The number of halogens is 4. The van der Waals surface area contributed by atoms with E-state index in [1.54, 1.807) is 6.07 Å². The van der Waals surface area contributed by atoms with E-state index in [1.807, 2.05) is 13.1 Å². The number of alkyl halides is 3. The van der Waals surface area contributed by atoms with E-state index in [-0.39, 0.29) is 24.0 Å². The molecule has 0 amide bonds. The molecule has 0 radical (unpaired) electrons. The molecule has 1 heterocycles. The summed E-state index contributed by atoms with van der Waals surface area (Å²) >= 11 is 0. The van der Waals surface area contributed by atoms with Gasteiger partial charge in [0.05, 0.1) is 11.7 Å². The Labute approximate surface area is 154 Å². The molecule has 3 aromatic rings. The number of aliphatic hydroxyl groups is 1. The van der Waals surface area contributed by atoms with Gasteiger partial charge in [-0.15, -0.1) is 0 Å². The number of aliphatic hydroxyl groups excluding tert-OH is 1. The molecule has 0 saturated heterocycles. The topological polar surface area (TPSA) is 48.0 Å². The van der Waals surface area contributed by atoms with Gasteiger partial charge < -0.3 is 15.4 Å². The van der Waals surface area contributed by atoms with Crippen molar-refractivity contribution in [3.8, 4) is 0 Å². The standard InChI is InChI=1S/C20H20F4N2O/c1-12(7-14-10-26-18-9-16(21)5-6-17(14)18)25-11-19(27)13-3-2-4-15(8-13)20(22,23)24/h2-6,8-10,12,19,25-27H,7,11H2,1H3. The lowest BCUT2D eigenvalue weighted by Crippen LogP contribution is -2.32. The second-order valence-electron chi connectivity index (χ2n) is 6.66. The minimum atomic E-state index is -4.44. The lowest BCUT2D eigenvalue weighted by atomic mass is 10.0. The molecule has 0 fully saturated rings. The third-order valence-corrected chi connectivity index (χ3v) is 4.51. The van der Waals surface area contributed by atoms with Crippen molar-refractivity contribution in [1.82, 2.24) is 10.3 Å². The number of nitrogens with one attached hydrogen (secondary N) is 2. The number of aromatic nitrogens is 1. The van der Waals surface area contributed by atoms with Crippen molar-refractivity contribution < 1.29 is 22.7 Å². The van der Waals surface area contributed by atoms with Gasteiger partial charge in [-0.25, -0.2) is 4.39 Å². The first-order chi connectivity index (χ1) is 12.7. The van der Waals surface area contributed by atoms with E-state index in [0.717, 1.165) is 23.1 Å². The van der Waals surface area contributed by atoms with E-state index >= 15 is 0 Å². The fraction of sp³-hybridized carbons (Fsp3) is 0.300. The number of benzene rings is 2. The van der Waals surface area contributed by atoms with Gasteiger partial charge in [0.15, 0.2) is 0 Å². The highest BCUT2D eigenvalue weighted by Gasteiger charge is 2.30. The van der Waals surface area contributed by atoms with Crippen molar-refractivity contribution >= 4 is 10.9 Å². The number of H-pyrrole nitrogens is 1. The summed E-state index contributed by atoms with van der Waals surface area (Å²) in [5.74, 6) is -0.314. The van der Waals surface area contributed by atoms with Crippen LogP contribution in [0.4, 0.5) is 17.6 Å². The van der Waals surface area contributed by atoms with E-state index in [4.69, 9.17) is 0 Å². The number of hydrogen-bond donors (Lipinski definition) is 3. The highest BCUT2D eigenvalue weighted by Crippen LogP contribution is 2.30. The summed E-state index contributed by atoms with van der Waals surface area (Å²) in [6.45, 7) is 2.04. The summed E-state index contributed by atoms with van der Waals surface area (Å²) in [6.07, 6.45) is -3.05. The molecule has 7 heteroatoms. The first-order valence-electron chi connectivity index (χ1n) is 8.58. The predicted molar refractivity (Wildman–Crippen MR) is 95.8 cm³/mol. The van der Waals surface area contributed by atoms with E-state index in [9.17, 15) is 22.7 Å². The summed E-state index contributed by atoms with van der Waals surface area (Å²) in [5.41, 5.74) is 1.14. The molecular weight excluding hydrogens is 360 g/mol. The molecule has 3 nitrogen and oxygen atoms in total. The Morgan fingerprint density at radius 2 is 1.93 bits per heavy atom. The molecule has 1 aromatic heterocycles. The van der Waals surface area contributed by atoms with E-state index < -0.39 is 17.8 Å². The van der Waals surface area contributed by atoms with Crippen LogP contribution in [0, 0.1) is 5.82 Å². The van der Waals surface area contributed by atoms with Crippen LogP contribution in [0.3, 0.4) is 0 Å². The Bertz CT molecular complexity index is 920. The number of fused-ring (bicyclic) bond motifs is 1. The molecular formula is C20H20F4N2O. The Kier molecular flexibility index (Phi) is 5.53. The van der Waals surface area contributed by atoms with Gasteiger partial charge in [-0.1, -0.05) is 12.1 Å². The van der Waals surface area contributed by atoms with Crippen molar-refractivity contribution in [1.29, 1.82) is 0 Å². The van der Waals surface area contributed by atoms with Crippen molar-refractivity contribution in [2.75, 3.05) is 6.54 Å². The highest BCUT2D eigenvalue weighted by atomic mass is 19.4. The third-order valence-electron chi connectivity index (χ3n) is 4.51. The zero-order valence-electron chi connectivity index (χ0n) is 14.6. The van der Waals surface area contributed by atoms with Crippen LogP contribution in [0.2, 0.25) is 0 Å². The van der Waals surface area contributed by atoms with E-state index in [0.29, 0.717) is 11.9 Å². The SMILES string of the molecule is CC(Cc1c[nH]c2cc(F)ccc12)NCC(O)c1cccc(C(F)(F)F)c1. The van der Waals surface area contributed by atoms with E-state index in [2.05, 4.69) is 10.3 Å². The maximum Gasteiger partial charge on any atom is 0.416 e. The molecule has 3 N–H and O–H groups in total. The van der Waals surface area contributed by atoms with Crippen molar-refractivity contribution in [2.24, 2.45) is 0 Å². The van der Waals surface area contributed by atoms with Crippen LogP contribution in [0.25, 0.3) is 10.9 Å². The van der Waals surface area contributed by atoms with Gasteiger partial charge in [-0.05, 0) is 54.8 Å². The summed E-state index contributed by atoms with van der Waals surface area (Å²) < 4.78 is 51.6. The van der Waals surface area contributed by atoms with Crippen LogP contribution in [-0.4, -0.2) is 22.7 Å². The first-order valence-corrected chi connectivity index (χ1v) is 8.58. The van der Waals surface area contributed by atoms with E-state index in [1.165, 1.54) is 24.3 Å². The second-order valence-corrected chi connectivity index (χ2v) is 6.66. The molecule has 0 spiro atoms. The van der Waals surface area contributed by atoms with Gasteiger partial charge in [-0.2, -0.15) is 13.2 Å². The number of hydrogen-bond acceptors (Lipinski definition) is 2. The van der Waals surface area contributed by atoms with Crippen molar-refractivity contribution in [2.45, 2.75) is 31.7 Å². The predicted octanol–water partition coefficient (Wildman–Crippen LogP) is 4.58. The normalized spacial score (nSPS) is 14.4. The average Bonchev–Trinajstić information content (AvgIpc) is 3.01. The molecule has 0 bridgehead atoms. The minimum absolute atomic E-state index is 0.0329. The highest BCUT2D eigenvalue weighted by molar-refractivity contribution is 5.83. The monoisotopic (exact) mass is 380 g/mol. The first kappa shape index (κ1) is 19.4. The number of rotatable bonds is 6. The zero-order valence-corrected chi connectivity index (χ0v) is 14.6. The molecule has 0 aliphatic heterocycles. The zero-order chi connectivity index (χ0) is 19.6. The molecule has 0 aliphatic rings. The van der Waals surface area contributed by atoms with Crippen molar-refractivity contribution in [3.05, 3.63) is 71.2 Å². The van der Waals surface area contributed by atoms with Crippen LogP contribution < -0.4 is 5.32 Å². The summed E-state index contributed by atoms with van der Waals surface area (Å²) in [4.78, 5) is 3.02. The molecule has 0 saturated carbocycles. The Morgan fingerprint density at radius 3 is 2.67 bits per heavy atom. The molecule has 3 rings (SSSR count). The Balaban J connectivity index is 1.61. The maximum atomic E-state index is 13.3. The molecule has 144 valence electrons. The second kappa shape index (κ2) is 7.70. The van der Waals surface area contributed by atoms with Gasteiger partial charge in [0.1, 0.15) is 5.82 Å². The van der Waals surface area contributed by atoms with Crippen LogP contribution in [0.5, 0.6) is 0 Å². The quantitative estimate of drug-likeness (QED) is 0.548. The summed E-state index contributed by atoms with van der Waals surface area (Å²) in [6, 6.07) is 9.20. The lowest BCUT2D eigenvalue weighted by molar-refractivity contribution is -0.137. The van der Waals surface area contributed by atoms with Gasteiger partial charge in [0.25, 0.3) is 0 Å².